The molecular weight excluding hydrogens is 138 g/mol. The van der Waals surface area contributed by atoms with Crippen molar-refractivity contribution in [2.75, 3.05) is 5.73 Å². The van der Waals surface area contributed by atoms with Crippen molar-refractivity contribution < 1.29 is 5.11 Å². The number of nitrogen functional groups attached to an aromatic ring is 1. The van der Waals surface area contributed by atoms with Crippen LogP contribution >= 0.6 is 12.4 Å². The van der Waals surface area contributed by atoms with Crippen molar-refractivity contribution >= 4 is 18.1 Å². The smallest absolute Gasteiger partial charge is 0.115 e. The molecule has 0 radical (unpaired) electrons. The van der Waals surface area contributed by atoms with Gasteiger partial charge in [-0.05, 0) is 24.3 Å². The summed E-state index contributed by atoms with van der Waals surface area (Å²) in [7, 11) is 0. The van der Waals surface area contributed by atoms with E-state index >= 15 is 0 Å². The van der Waals surface area contributed by atoms with Crippen LogP contribution in [0.25, 0.3) is 0 Å². The zero-order valence-corrected chi connectivity index (χ0v) is 5.56. The number of phenolic OH excluding ortho intramolecular Hbond substituents is 1. The first-order valence-electron chi connectivity index (χ1n) is 2.33. The Morgan fingerprint density at radius 1 is 1.11 bits per heavy atom. The molecule has 0 aliphatic heterocycles. The lowest BCUT2D eigenvalue weighted by Crippen LogP contribution is -1.80. The third-order valence-electron chi connectivity index (χ3n) is 0.893. The molecule has 0 aromatic heterocycles. The molecule has 0 aliphatic rings. The molecule has 1 aromatic carbocycles. The van der Waals surface area contributed by atoms with E-state index in [0.29, 0.717) is 5.69 Å². The monoisotopic (exact) mass is 145 g/mol. The molecule has 0 atom stereocenters. The lowest BCUT2D eigenvalue weighted by atomic mass is 10.3. The highest BCUT2D eigenvalue weighted by atomic mass is 35.5. The summed E-state index contributed by atoms with van der Waals surface area (Å²) in [6.07, 6.45) is 0. The van der Waals surface area contributed by atoms with Gasteiger partial charge in [0.15, 0.2) is 0 Å². The molecule has 0 saturated carbocycles. The maximum absolute atomic E-state index is 8.70. The Bertz CT molecular complexity index is 152. The molecule has 9 heavy (non-hydrogen) atoms. The number of hydrogen-bond acceptors (Lipinski definition) is 2. The Morgan fingerprint density at radius 2 is 1.56 bits per heavy atom. The van der Waals surface area contributed by atoms with Gasteiger partial charge in [-0.2, -0.15) is 0 Å². The van der Waals surface area contributed by atoms with Crippen LogP contribution in [-0.4, -0.2) is 5.11 Å². The van der Waals surface area contributed by atoms with Crippen molar-refractivity contribution in [2.24, 2.45) is 0 Å². The molecule has 0 fully saturated rings. The molecule has 0 amide bonds. The topological polar surface area (TPSA) is 46.2 Å². The maximum atomic E-state index is 8.70. The van der Waals surface area contributed by atoms with E-state index in [1.807, 2.05) is 0 Å². The predicted molar refractivity (Wildman–Crippen MR) is 39.8 cm³/mol. The first kappa shape index (κ1) is 8.11. The second-order valence-corrected chi connectivity index (χ2v) is 1.59. The van der Waals surface area contributed by atoms with Crippen LogP contribution in [0.1, 0.15) is 0 Å². The first-order chi connectivity index (χ1) is 3.79. The van der Waals surface area contributed by atoms with E-state index in [9.17, 15) is 0 Å². The number of phenols is 1. The fourth-order valence-corrected chi connectivity index (χ4v) is 0.474. The van der Waals surface area contributed by atoms with E-state index in [2.05, 4.69) is 0 Å². The fourth-order valence-electron chi connectivity index (χ4n) is 0.474. The van der Waals surface area contributed by atoms with E-state index in [0.717, 1.165) is 0 Å². The van der Waals surface area contributed by atoms with Crippen molar-refractivity contribution in [1.29, 1.82) is 0 Å². The number of nitrogens with two attached hydrogens (primary N) is 1. The molecule has 3 N–H and O–H groups in total. The molecule has 1 aromatic rings. The van der Waals surface area contributed by atoms with E-state index in [-0.39, 0.29) is 18.2 Å². The Hall–Kier alpha value is -0.890. The summed E-state index contributed by atoms with van der Waals surface area (Å²) in [6, 6.07) is 6.40. The zero-order chi connectivity index (χ0) is 5.98. The SMILES string of the molecule is Cl.Nc1ccc(O)cc1. The second-order valence-electron chi connectivity index (χ2n) is 1.59. The summed E-state index contributed by atoms with van der Waals surface area (Å²) in [5.41, 5.74) is 5.98. The Morgan fingerprint density at radius 3 is 1.89 bits per heavy atom. The highest BCUT2D eigenvalue weighted by Crippen LogP contribution is 2.09. The van der Waals surface area contributed by atoms with Crippen LogP contribution in [0.3, 0.4) is 0 Å². The van der Waals surface area contributed by atoms with Crippen LogP contribution in [0.5, 0.6) is 5.75 Å². The minimum absolute atomic E-state index is 0. The lowest BCUT2D eigenvalue weighted by molar-refractivity contribution is 0.475. The Balaban J connectivity index is 0.000000640. The second kappa shape index (κ2) is 3.20. The van der Waals surface area contributed by atoms with Crippen LogP contribution in [0, 0.1) is 0 Å². The number of anilines is 1. The fraction of sp³-hybridized carbons (Fsp3) is 0. The van der Waals surface area contributed by atoms with Crippen LogP contribution in [0.4, 0.5) is 5.69 Å². The molecule has 3 heteroatoms. The highest BCUT2D eigenvalue weighted by molar-refractivity contribution is 5.85. The van der Waals surface area contributed by atoms with Gasteiger partial charge in [0.2, 0.25) is 0 Å². The van der Waals surface area contributed by atoms with Gasteiger partial charge in [-0.1, -0.05) is 0 Å². The van der Waals surface area contributed by atoms with Gasteiger partial charge < -0.3 is 10.8 Å². The Labute approximate surface area is 59.7 Å². The summed E-state index contributed by atoms with van der Waals surface area (Å²) in [4.78, 5) is 0. The van der Waals surface area contributed by atoms with Gasteiger partial charge in [0.1, 0.15) is 5.75 Å². The summed E-state index contributed by atoms with van der Waals surface area (Å²) in [5.74, 6) is 0.249. The lowest BCUT2D eigenvalue weighted by Gasteiger charge is -1.89. The van der Waals surface area contributed by atoms with Crippen molar-refractivity contribution in [3.63, 3.8) is 0 Å². The normalized spacial score (nSPS) is 8.00. The third-order valence-corrected chi connectivity index (χ3v) is 0.893. The molecule has 0 aliphatic carbocycles. The van der Waals surface area contributed by atoms with Crippen molar-refractivity contribution in [3.05, 3.63) is 24.3 Å². The zero-order valence-electron chi connectivity index (χ0n) is 4.74. The van der Waals surface area contributed by atoms with E-state index in [4.69, 9.17) is 10.8 Å². The number of rotatable bonds is 0. The van der Waals surface area contributed by atoms with Crippen LogP contribution < -0.4 is 5.73 Å². The molecule has 0 bridgehead atoms. The van der Waals surface area contributed by atoms with Crippen LogP contribution in [0.2, 0.25) is 0 Å². The van der Waals surface area contributed by atoms with Gasteiger partial charge >= 0.3 is 0 Å². The van der Waals surface area contributed by atoms with Gasteiger partial charge in [0, 0.05) is 5.69 Å². The minimum atomic E-state index is 0. The quantitative estimate of drug-likeness (QED) is 0.428. The molecule has 1 rings (SSSR count). The molecule has 2 nitrogen and oxygen atoms in total. The molecule has 0 heterocycles. The molecule has 0 spiro atoms. The predicted octanol–water partition coefficient (Wildman–Crippen LogP) is 1.40. The van der Waals surface area contributed by atoms with Crippen molar-refractivity contribution in [3.8, 4) is 5.75 Å². The molecular formula is C6H8ClNO. The van der Waals surface area contributed by atoms with Crippen LogP contribution in [-0.2, 0) is 0 Å². The van der Waals surface area contributed by atoms with E-state index in [1.165, 1.54) is 0 Å². The van der Waals surface area contributed by atoms with Gasteiger partial charge in [0.05, 0.1) is 0 Å². The van der Waals surface area contributed by atoms with Crippen molar-refractivity contribution in [2.45, 2.75) is 0 Å². The Kier molecular flexibility index (Phi) is 2.88. The van der Waals surface area contributed by atoms with Gasteiger partial charge in [-0.15, -0.1) is 12.4 Å². The summed E-state index contributed by atoms with van der Waals surface area (Å²) < 4.78 is 0. The average molecular weight is 146 g/mol. The number of hydrogen-bond donors (Lipinski definition) is 2. The maximum Gasteiger partial charge on any atom is 0.115 e. The third kappa shape index (κ3) is 2.24. The first-order valence-corrected chi connectivity index (χ1v) is 2.33. The average Bonchev–Trinajstić information content (AvgIpc) is 1.77. The van der Waals surface area contributed by atoms with Gasteiger partial charge in [-0.3, -0.25) is 0 Å². The van der Waals surface area contributed by atoms with Crippen LogP contribution in [0.15, 0.2) is 24.3 Å². The number of halogens is 1. The van der Waals surface area contributed by atoms with Crippen molar-refractivity contribution in [1.82, 2.24) is 0 Å². The minimum Gasteiger partial charge on any atom is -0.508 e. The highest BCUT2D eigenvalue weighted by Gasteiger charge is 1.82. The summed E-state index contributed by atoms with van der Waals surface area (Å²) in [6.45, 7) is 0. The number of benzene rings is 1. The summed E-state index contributed by atoms with van der Waals surface area (Å²) >= 11 is 0. The standard InChI is InChI=1S/C6H7NO.ClH/c7-5-1-3-6(8)4-2-5;/h1-4,8H,7H2;1H. The largest absolute Gasteiger partial charge is 0.508 e. The van der Waals surface area contributed by atoms with Gasteiger partial charge in [0.25, 0.3) is 0 Å². The van der Waals surface area contributed by atoms with E-state index in [1.54, 1.807) is 24.3 Å². The molecule has 0 unspecified atom stereocenters. The molecule has 0 saturated heterocycles. The van der Waals surface area contributed by atoms with Gasteiger partial charge in [-0.25, -0.2) is 0 Å². The number of aromatic hydroxyl groups is 1. The summed E-state index contributed by atoms with van der Waals surface area (Å²) in [5, 5.41) is 8.70. The van der Waals surface area contributed by atoms with E-state index < -0.39 is 0 Å². The molecule has 50 valence electrons.